The normalized spacial score (nSPS) is 15.6. The average molecular weight is 463 g/mol. The first kappa shape index (κ1) is 19.4. The Morgan fingerprint density at radius 3 is 2.37 bits per heavy atom. The summed E-state index contributed by atoms with van der Waals surface area (Å²) in [7, 11) is 0. The quantitative estimate of drug-likeness (QED) is 0.418. The van der Waals surface area contributed by atoms with Gasteiger partial charge in [-0.2, -0.15) is 0 Å². The molecule has 0 aliphatic carbocycles. The topological polar surface area (TPSA) is 45.4 Å². The van der Waals surface area contributed by atoms with Crippen LogP contribution in [0.3, 0.4) is 0 Å². The van der Waals surface area contributed by atoms with Crippen molar-refractivity contribution in [2.75, 3.05) is 26.2 Å². The second-order valence-corrected chi connectivity index (χ2v) is 8.62. The van der Waals surface area contributed by atoms with Gasteiger partial charge in [0.2, 0.25) is 11.8 Å². The van der Waals surface area contributed by atoms with E-state index in [1.165, 1.54) is 16.3 Å². The van der Waals surface area contributed by atoms with Gasteiger partial charge in [-0.25, -0.2) is 0 Å². The maximum absolute atomic E-state index is 5.90. The molecule has 5 rings (SSSR count). The second-order valence-electron chi connectivity index (χ2n) is 7.70. The molecule has 0 atom stereocenters. The number of fused-ring (bicyclic) bond motifs is 1. The lowest BCUT2D eigenvalue weighted by molar-refractivity contribution is 0.115. The molecular formula is C24H23BrN4O. The molecule has 0 spiro atoms. The molecule has 0 amide bonds. The lowest BCUT2D eigenvalue weighted by atomic mass is 10.0. The van der Waals surface area contributed by atoms with E-state index in [0.717, 1.165) is 42.8 Å². The molecule has 5 nitrogen and oxygen atoms in total. The molecule has 0 radical (unpaired) electrons. The van der Waals surface area contributed by atoms with Crippen molar-refractivity contribution in [2.24, 2.45) is 0 Å². The van der Waals surface area contributed by atoms with Crippen LogP contribution in [0.15, 0.2) is 75.6 Å². The van der Waals surface area contributed by atoms with Crippen LogP contribution >= 0.6 is 15.9 Å². The van der Waals surface area contributed by atoms with E-state index in [9.17, 15) is 0 Å². The minimum Gasteiger partial charge on any atom is -0.419 e. The fraction of sp³-hybridized carbons (Fsp3) is 0.250. The molecular weight excluding hydrogens is 440 g/mol. The molecule has 0 unspecified atom stereocenters. The minimum absolute atomic E-state index is 0.570. The summed E-state index contributed by atoms with van der Waals surface area (Å²) in [5.74, 6) is 1.24. The lowest BCUT2D eigenvalue weighted by Crippen LogP contribution is -2.45. The number of piperazine rings is 1. The van der Waals surface area contributed by atoms with Crippen LogP contribution in [0.1, 0.15) is 11.5 Å². The molecule has 6 heteroatoms. The summed E-state index contributed by atoms with van der Waals surface area (Å²) in [6.45, 7) is 5.76. The highest BCUT2D eigenvalue weighted by Crippen LogP contribution is 2.23. The monoisotopic (exact) mass is 462 g/mol. The summed E-state index contributed by atoms with van der Waals surface area (Å²) in [5, 5.41) is 11.1. The number of halogens is 1. The number of rotatable bonds is 5. The van der Waals surface area contributed by atoms with Crippen LogP contribution in [0.2, 0.25) is 0 Å². The van der Waals surface area contributed by atoms with Crippen molar-refractivity contribution < 1.29 is 4.42 Å². The number of hydrogen-bond acceptors (Lipinski definition) is 5. The number of aromatic nitrogens is 2. The summed E-state index contributed by atoms with van der Waals surface area (Å²) in [5.41, 5.74) is 2.33. The van der Waals surface area contributed by atoms with E-state index in [-0.39, 0.29) is 0 Å². The third-order valence-electron chi connectivity index (χ3n) is 5.64. The highest BCUT2D eigenvalue weighted by molar-refractivity contribution is 9.10. The molecule has 1 aliphatic heterocycles. The molecule has 1 aromatic heterocycles. The van der Waals surface area contributed by atoms with Crippen molar-refractivity contribution >= 4 is 26.7 Å². The maximum atomic E-state index is 5.90. The van der Waals surface area contributed by atoms with Crippen molar-refractivity contribution in [3.8, 4) is 11.5 Å². The number of benzene rings is 3. The third kappa shape index (κ3) is 4.31. The molecule has 0 bridgehead atoms. The zero-order chi connectivity index (χ0) is 20.3. The van der Waals surface area contributed by atoms with Crippen LogP contribution in [0.4, 0.5) is 0 Å². The Kier molecular flexibility index (Phi) is 5.62. The Morgan fingerprint density at radius 1 is 0.800 bits per heavy atom. The highest BCUT2D eigenvalue weighted by atomic mass is 79.9. The first-order chi connectivity index (χ1) is 14.7. The fourth-order valence-corrected chi connectivity index (χ4v) is 4.42. The van der Waals surface area contributed by atoms with E-state index in [0.29, 0.717) is 18.3 Å². The zero-order valence-electron chi connectivity index (χ0n) is 16.7. The maximum Gasteiger partial charge on any atom is 0.247 e. The zero-order valence-corrected chi connectivity index (χ0v) is 18.3. The van der Waals surface area contributed by atoms with Gasteiger partial charge in [0.05, 0.1) is 6.54 Å². The van der Waals surface area contributed by atoms with E-state index in [2.05, 4.69) is 78.4 Å². The number of hydrogen-bond donors (Lipinski definition) is 0. The van der Waals surface area contributed by atoms with Crippen LogP contribution in [0, 0.1) is 0 Å². The molecule has 30 heavy (non-hydrogen) atoms. The second kappa shape index (κ2) is 8.68. The van der Waals surface area contributed by atoms with Crippen molar-refractivity contribution in [1.29, 1.82) is 0 Å². The minimum atomic E-state index is 0.570. The van der Waals surface area contributed by atoms with E-state index in [4.69, 9.17) is 4.42 Å². The summed E-state index contributed by atoms with van der Waals surface area (Å²) in [6.07, 6.45) is 0. The van der Waals surface area contributed by atoms with Gasteiger partial charge in [0.15, 0.2) is 0 Å². The van der Waals surface area contributed by atoms with Gasteiger partial charge in [0, 0.05) is 42.8 Å². The molecule has 3 aromatic carbocycles. The number of nitrogens with zero attached hydrogens (tertiary/aromatic N) is 4. The summed E-state index contributed by atoms with van der Waals surface area (Å²) >= 11 is 3.49. The molecule has 1 fully saturated rings. The molecule has 0 saturated carbocycles. The van der Waals surface area contributed by atoms with Crippen LogP contribution in [0.25, 0.3) is 22.2 Å². The van der Waals surface area contributed by atoms with Crippen molar-refractivity contribution in [3.05, 3.63) is 82.7 Å². The Hall–Kier alpha value is -2.54. The molecule has 1 aliphatic rings. The van der Waals surface area contributed by atoms with Crippen molar-refractivity contribution in [3.63, 3.8) is 0 Å². The average Bonchev–Trinajstić information content (AvgIpc) is 3.24. The fourth-order valence-electron chi connectivity index (χ4n) is 4.02. The standard InChI is InChI=1S/C24H23BrN4O/c25-21-9-4-7-19(15-21)24-27-26-23(30-24)17-29-13-11-28(12-14-29)16-20-8-3-6-18-5-1-2-10-22(18)20/h1-10,15H,11-14,16-17H2. The van der Waals surface area contributed by atoms with Gasteiger partial charge in [-0.1, -0.05) is 64.5 Å². The van der Waals surface area contributed by atoms with E-state index >= 15 is 0 Å². The van der Waals surface area contributed by atoms with Gasteiger partial charge in [0.1, 0.15) is 0 Å². The largest absolute Gasteiger partial charge is 0.419 e. The van der Waals surface area contributed by atoms with Crippen molar-refractivity contribution in [1.82, 2.24) is 20.0 Å². The Labute approximate surface area is 184 Å². The molecule has 0 N–H and O–H groups in total. The van der Waals surface area contributed by atoms with Crippen LogP contribution < -0.4 is 0 Å². The summed E-state index contributed by atoms with van der Waals surface area (Å²) in [4.78, 5) is 4.91. The van der Waals surface area contributed by atoms with Gasteiger partial charge < -0.3 is 4.42 Å². The van der Waals surface area contributed by atoms with Crippen molar-refractivity contribution in [2.45, 2.75) is 13.1 Å². The Balaban J connectivity index is 1.19. The predicted octanol–water partition coefficient (Wildman–Crippen LogP) is 4.97. The van der Waals surface area contributed by atoms with Crippen LogP contribution in [-0.2, 0) is 13.1 Å². The van der Waals surface area contributed by atoms with Gasteiger partial charge in [-0.05, 0) is 34.5 Å². The predicted molar refractivity (Wildman–Crippen MR) is 122 cm³/mol. The van der Waals surface area contributed by atoms with Crippen LogP contribution in [0.5, 0.6) is 0 Å². The highest BCUT2D eigenvalue weighted by Gasteiger charge is 2.20. The van der Waals surface area contributed by atoms with E-state index in [1.807, 2.05) is 24.3 Å². The molecule has 152 valence electrons. The Morgan fingerprint density at radius 2 is 1.53 bits per heavy atom. The van der Waals surface area contributed by atoms with E-state index < -0.39 is 0 Å². The van der Waals surface area contributed by atoms with Gasteiger partial charge in [-0.3, -0.25) is 9.80 Å². The van der Waals surface area contributed by atoms with Gasteiger partial charge >= 0.3 is 0 Å². The summed E-state index contributed by atoms with van der Waals surface area (Å²) in [6, 6.07) is 23.1. The first-order valence-corrected chi connectivity index (χ1v) is 11.0. The van der Waals surface area contributed by atoms with Gasteiger partial charge in [0.25, 0.3) is 0 Å². The smallest absolute Gasteiger partial charge is 0.247 e. The summed E-state index contributed by atoms with van der Waals surface area (Å²) < 4.78 is 6.90. The molecule has 4 aromatic rings. The lowest BCUT2D eigenvalue weighted by Gasteiger charge is -2.34. The van der Waals surface area contributed by atoms with Gasteiger partial charge in [-0.15, -0.1) is 10.2 Å². The molecule has 1 saturated heterocycles. The Bertz CT molecular complexity index is 1150. The molecule has 2 heterocycles. The first-order valence-electron chi connectivity index (χ1n) is 10.2. The SMILES string of the molecule is Brc1cccc(-c2nnc(CN3CCN(Cc4cccc5ccccc45)CC3)o2)c1. The van der Waals surface area contributed by atoms with E-state index in [1.54, 1.807) is 0 Å². The van der Waals surface area contributed by atoms with Crippen LogP contribution in [-0.4, -0.2) is 46.2 Å². The third-order valence-corrected chi connectivity index (χ3v) is 6.13.